The molecule has 0 aliphatic carbocycles. The maximum absolute atomic E-state index is 12.7. The number of para-hydroxylation sites is 1. The van der Waals surface area contributed by atoms with Crippen LogP contribution in [0.5, 0.6) is 5.75 Å². The molecule has 3 rings (SSSR count). The van der Waals surface area contributed by atoms with Crippen LogP contribution in [0, 0.1) is 0 Å². The van der Waals surface area contributed by atoms with Gasteiger partial charge in [0.05, 0.1) is 0 Å². The van der Waals surface area contributed by atoms with Gasteiger partial charge in [-0.1, -0.05) is 54.1 Å². The van der Waals surface area contributed by atoms with Crippen LogP contribution in [0.1, 0.15) is 11.1 Å². The molecular formula is C21H17ClN2O3S. The fourth-order valence-corrected chi connectivity index (χ4v) is 3.09. The summed E-state index contributed by atoms with van der Waals surface area (Å²) in [5.41, 5.74) is 1.41. The van der Waals surface area contributed by atoms with Crippen molar-refractivity contribution in [1.29, 1.82) is 0 Å². The zero-order chi connectivity index (χ0) is 20.1. The molecule has 2 aromatic rings. The molecule has 1 heterocycles. The smallest absolute Gasteiger partial charge is 0.265 e. The normalized spacial score (nSPS) is 15.5. The van der Waals surface area contributed by atoms with Crippen molar-refractivity contribution in [2.75, 3.05) is 6.54 Å². The third kappa shape index (κ3) is 4.30. The van der Waals surface area contributed by atoms with Crippen LogP contribution in [0.3, 0.4) is 0 Å². The molecule has 1 fully saturated rings. The lowest BCUT2D eigenvalue weighted by atomic mass is 10.1. The largest absolute Gasteiger partial charge is 0.488 e. The summed E-state index contributed by atoms with van der Waals surface area (Å²) in [6.45, 7) is 4.07. The minimum atomic E-state index is -0.545. The van der Waals surface area contributed by atoms with Gasteiger partial charge < -0.3 is 4.74 Å². The van der Waals surface area contributed by atoms with E-state index in [1.165, 1.54) is 11.0 Å². The monoisotopic (exact) mass is 412 g/mol. The number of hydrogen-bond donors (Lipinski definition) is 1. The average molecular weight is 413 g/mol. The molecule has 7 heteroatoms. The molecule has 0 aromatic heterocycles. The summed E-state index contributed by atoms with van der Waals surface area (Å²) in [6.07, 6.45) is 3.04. The first kappa shape index (κ1) is 19.8. The van der Waals surface area contributed by atoms with E-state index in [1.807, 2.05) is 24.3 Å². The molecule has 2 amide bonds. The Balaban J connectivity index is 1.88. The highest BCUT2D eigenvalue weighted by atomic mass is 35.5. The second kappa shape index (κ2) is 8.82. The Morgan fingerprint density at radius 3 is 2.61 bits per heavy atom. The minimum absolute atomic E-state index is 0.0238. The van der Waals surface area contributed by atoms with Gasteiger partial charge in [-0.05, 0) is 30.4 Å². The summed E-state index contributed by atoms with van der Waals surface area (Å²) in [4.78, 5) is 26.3. The van der Waals surface area contributed by atoms with Gasteiger partial charge in [-0.15, -0.1) is 6.58 Å². The summed E-state index contributed by atoms with van der Waals surface area (Å²) >= 11 is 11.2. The van der Waals surface area contributed by atoms with Crippen LogP contribution >= 0.6 is 23.8 Å². The molecule has 142 valence electrons. The van der Waals surface area contributed by atoms with Crippen LogP contribution in [0.2, 0.25) is 5.02 Å². The highest BCUT2D eigenvalue weighted by molar-refractivity contribution is 7.80. The van der Waals surface area contributed by atoms with Crippen LogP contribution in [0.25, 0.3) is 6.08 Å². The van der Waals surface area contributed by atoms with Crippen LogP contribution in [0.4, 0.5) is 0 Å². The van der Waals surface area contributed by atoms with Crippen LogP contribution in [-0.2, 0) is 16.2 Å². The van der Waals surface area contributed by atoms with Gasteiger partial charge in [-0.3, -0.25) is 19.8 Å². The molecule has 1 N–H and O–H groups in total. The summed E-state index contributed by atoms with van der Waals surface area (Å²) in [6, 6.07) is 14.5. The molecule has 5 nitrogen and oxygen atoms in total. The van der Waals surface area contributed by atoms with E-state index < -0.39 is 11.8 Å². The molecule has 0 atom stereocenters. The molecular weight excluding hydrogens is 396 g/mol. The van der Waals surface area contributed by atoms with Crippen molar-refractivity contribution in [3.05, 3.63) is 82.9 Å². The number of rotatable bonds is 6. The molecule has 2 aromatic carbocycles. The van der Waals surface area contributed by atoms with Gasteiger partial charge in [-0.2, -0.15) is 0 Å². The van der Waals surface area contributed by atoms with Gasteiger partial charge in [0.25, 0.3) is 11.8 Å². The lowest BCUT2D eigenvalue weighted by molar-refractivity contribution is -0.128. The summed E-state index contributed by atoms with van der Waals surface area (Å²) < 4.78 is 5.88. The SMILES string of the molecule is C=CCN1C(=O)/C(=C/c2ccccc2OCc2ccccc2Cl)C(=O)NC1=S. The van der Waals surface area contributed by atoms with Crippen molar-refractivity contribution in [3.63, 3.8) is 0 Å². The number of carbonyl (C=O) groups is 2. The van der Waals surface area contributed by atoms with Crippen molar-refractivity contribution in [1.82, 2.24) is 10.2 Å². The van der Waals surface area contributed by atoms with E-state index in [0.717, 1.165) is 5.56 Å². The minimum Gasteiger partial charge on any atom is -0.488 e. The van der Waals surface area contributed by atoms with Crippen molar-refractivity contribution < 1.29 is 14.3 Å². The Kier molecular flexibility index (Phi) is 6.23. The Bertz CT molecular complexity index is 987. The average Bonchev–Trinajstić information content (AvgIpc) is 2.68. The van der Waals surface area contributed by atoms with E-state index in [4.69, 9.17) is 28.6 Å². The number of halogens is 1. The molecule has 0 spiro atoms. The number of nitrogens with one attached hydrogen (secondary N) is 1. The maximum Gasteiger partial charge on any atom is 0.265 e. The van der Waals surface area contributed by atoms with Gasteiger partial charge in [0.2, 0.25) is 0 Å². The van der Waals surface area contributed by atoms with Crippen molar-refractivity contribution in [3.8, 4) is 5.75 Å². The van der Waals surface area contributed by atoms with Gasteiger partial charge in [0.1, 0.15) is 17.9 Å². The van der Waals surface area contributed by atoms with Crippen molar-refractivity contribution in [2.24, 2.45) is 0 Å². The fraction of sp³-hybridized carbons (Fsp3) is 0.0952. The predicted molar refractivity (Wildman–Crippen MR) is 113 cm³/mol. The third-order valence-corrected chi connectivity index (χ3v) is 4.75. The molecule has 1 aliphatic rings. The highest BCUT2D eigenvalue weighted by Crippen LogP contribution is 2.25. The lowest BCUT2D eigenvalue weighted by Gasteiger charge is -2.27. The molecule has 0 radical (unpaired) electrons. The molecule has 28 heavy (non-hydrogen) atoms. The lowest BCUT2D eigenvalue weighted by Crippen LogP contribution is -2.53. The zero-order valence-electron chi connectivity index (χ0n) is 14.9. The van der Waals surface area contributed by atoms with Gasteiger partial charge >= 0.3 is 0 Å². The van der Waals surface area contributed by atoms with Gasteiger partial charge in [0, 0.05) is 22.7 Å². The Morgan fingerprint density at radius 1 is 1.14 bits per heavy atom. The van der Waals surface area contributed by atoms with E-state index in [0.29, 0.717) is 16.3 Å². The number of carbonyl (C=O) groups excluding carboxylic acids is 2. The summed E-state index contributed by atoms with van der Waals surface area (Å²) in [7, 11) is 0. The molecule has 1 saturated heterocycles. The number of hydrogen-bond acceptors (Lipinski definition) is 4. The Morgan fingerprint density at radius 2 is 1.86 bits per heavy atom. The van der Waals surface area contributed by atoms with E-state index in [2.05, 4.69) is 11.9 Å². The Hall–Kier alpha value is -2.96. The van der Waals surface area contributed by atoms with E-state index in [1.54, 1.807) is 30.3 Å². The van der Waals surface area contributed by atoms with E-state index in [9.17, 15) is 9.59 Å². The molecule has 0 bridgehead atoms. The van der Waals surface area contributed by atoms with Gasteiger partial charge in [0.15, 0.2) is 5.11 Å². The first-order valence-electron chi connectivity index (χ1n) is 8.46. The van der Waals surface area contributed by atoms with Gasteiger partial charge in [-0.25, -0.2) is 0 Å². The first-order chi connectivity index (χ1) is 13.5. The number of thiocarbonyl (C=S) groups is 1. The maximum atomic E-state index is 12.7. The predicted octanol–water partition coefficient (Wildman–Crippen LogP) is 3.73. The Labute approximate surface area is 173 Å². The second-order valence-electron chi connectivity index (χ2n) is 5.94. The molecule has 0 saturated carbocycles. The van der Waals surface area contributed by atoms with Crippen molar-refractivity contribution >= 4 is 46.8 Å². The van der Waals surface area contributed by atoms with E-state index >= 15 is 0 Å². The molecule has 1 aliphatic heterocycles. The number of nitrogens with zero attached hydrogens (tertiary/aromatic N) is 1. The zero-order valence-corrected chi connectivity index (χ0v) is 16.4. The number of amides is 2. The molecule has 0 unspecified atom stereocenters. The van der Waals surface area contributed by atoms with Crippen LogP contribution in [0.15, 0.2) is 66.8 Å². The van der Waals surface area contributed by atoms with Crippen molar-refractivity contribution in [2.45, 2.75) is 6.61 Å². The third-order valence-electron chi connectivity index (χ3n) is 4.06. The highest BCUT2D eigenvalue weighted by Gasteiger charge is 2.32. The fourth-order valence-electron chi connectivity index (χ4n) is 2.65. The first-order valence-corrected chi connectivity index (χ1v) is 9.25. The standard InChI is InChI=1S/C21H17ClN2O3S/c1-2-11-24-20(26)16(19(25)23-21(24)28)12-14-7-4-6-10-18(14)27-13-15-8-3-5-9-17(15)22/h2-10,12H,1,11,13H2,(H,23,25,28)/b16-12+. The number of ether oxygens (including phenoxy) is 1. The summed E-state index contributed by atoms with van der Waals surface area (Å²) in [5, 5.41) is 3.19. The quantitative estimate of drug-likeness (QED) is 0.340. The number of benzene rings is 2. The van der Waals surface area contributed by atoms with Crippen LogP contribution < -0.4 is 10.1 Å². The second-order valence-corrected chi connectivity index (χ2v) is 6.73. The topological polar surface area (TPSA) is 58.6 Å². The van der Waals surface area contributed by atoms with Crippen LogP contribution in [-0.4, -0.2) is 28.4 Å². The summed E-state index contributed by atoms with van der Waals surface area (Å²) in [5.74, 6) is -0.496. The van der Waals surface area contributed by atoms with E-state index in [-0.39, 0.29) is 23.8 Å².